The molecule has 0 aromatic heterocycles. The summed E-state index contributed by atoms with van der Waals surface area (Å²) in [7, 11) is 7.48. The molecule has 4 heteroatoms. The van der Waals surface area contributed by atoms with Crippen molar-refractivity contribution in [3.8, 4) is 0 Å². The molecular formula is C32H50S4. The summed E-state index contributed by atoms with van der Waals surface area (Å²) in [5, 5.41) is 0. The molecule has 0 aliphatic heterocycles. The maximum atomic E-state index is 2.33. The smallest absolute Gasteiger partial charge is 0.0191 e. The van der Waals surface area contributed by atoms with Gasteiger partial charge >= 0.3 is 0 Å². The number of benzene rings is 2. The van der Waals surface area contributed by atoms with Gasteiger partial charge in [0.15, 0.2) is 0 Å². The van der Waals surface area contributed by atoms with Gasteiger partial charge in [0.05, 0.1) is 0 Å². The third kappa shape index (κ3) is 16.6. The highest BCUT2D eigenvalue weighted by Crippen LogP contribution is 2.49. The summed E-state index contributed by atoms with van der Waals surface area (Å²) in [6.07, 6.45) is 24.8. The second kappa shape index (κ2) is 22.8. The standard InChI is InChI=1S/C32H50S4/c1-3-5-7-9-11-13-15-17-19-29-21-25-31(26-22-29)33-35-36-34-32-27-23-30(24-28-32)20-18-16-14-12-10-8-6-4-2/h21-28H,3-20H2,1-2H3. The molecule has 0 heterocycles. The van der Waals surface area contributed by atoms with Crippen molar-refractivity contribution in [1.29, 1.82) is 0 Å². The van der Waals surface area contributed by atoms with Crippen molar-refractivity contribution in [2.75, 3.05) is 0 Å². The lowest BCUT2D eigenvalue weighted by atomic mass is 10.0. The Balaban J connectivity index is 1.49. The van der Waals surface area contributed by atoms with Crippen molar-refractivity contribution in [2.45, 2.75) is 139 Å². The van der Waals surface area contributed by atoms with E-state index in [1.807, 2.05) is 41.2 Å². The summed E-state index contributed by atoms with van der Waals surface area (Å²) in [5.41, 5.74) is 2.98. The van der Waals surface area contributed by atoms with E-state index >= 15 is 0 Å². The van der Waals surface area contributed by atoms with Gasteiger partial charge in [-0.05, 0) is 102 Å². The first-order valence-electron chi connectivity index (χ1n) is 14.7. The molecule has 202 valence electrons. The third-order valence-electron chi connectivity index (χ3n) is 6.77. The predicted octanol–water partition coefficient (Wildman–Crippen LogP) is 13.1. The van der Waals surface area contributed by atoms with Crippen LogP contribution in [-0.4, -0.2) is 0 Å². The summed E-state index contributed by atoms with van der Waals surface area (Å²) < 4.78 is 0. The Labute approximate surface area is 238 Å². The van der Waals surface area contributed by atoms with Gasteiger partial charge < -0.3 is 0 Å². The molecule has 0 unspecified atom stereocenters. The van der Waals surface area contributed by atoms with Crippen molar-refractivity contribution < 1.29 is 0 Å². The van der Waals surface area contributed by atoms with E-state index in [4.69, 9.17) is 0 Å². The molecule has 0 bridgehead atoms. The molecule has 0 aliphatic carbocycles. The van der Waals surface area contributed by atoms with E-state index in [0.717, 1.165) is 0 Å². The van der Waals surface area contributed by atoms with Crippen LogP contribution in [-0.2, 0) is 12.8 Å². The van der Waals surface area contributed by atoms with Crippen LogP contribution in [0, 0.1) is 0 Å². The fraction of sp³-hybridized carbons (Fsp3) is 0.625. The average molecular weight is 563 g/mol. The Morgan fingerprint density at radius 1 is 0.389 bits per heavy atom. The first-order valence-corrected chi connectivity index (χ1v) is 19.5. The molecular weight excluding hydrogens is 513 g/mol. The number of unbranched alkanes of at least 4 members (excludes halogenated alkanes) is 14. The average Bonchev–Trinajstić information content (AvgIpc) is 2.91. The highest BCUT2D eigenvalue weighted by atomic mass is 33.7. The summed E-state index contributed by atoms with van der Waals surface area (Å²) >= 11 is 0. The highest BCUT2D eigenvalue weighted by molar-refractivity contribution is 9.26. The molecule has 0 atom stereocenters. The van der Waals surface area contributed by atoms with Gasteiger partial charge in [0.25, 0.3) is 0 Å². The lowest BCUT2D eigenvalue weighted by Gasteiger charge is -2.05. The van der Waals surface area contributed by atoms with Gasteiger partial charge in [-0.3, -0.25) is 0 Å². The molecule has 0 saturated carbocycles. The largest absolute Gasteiger partial charge is 0.0654 e. The molecule has 0 saturated heterocycles. The molecule has 0 spiro atoms. The maximum absolute atomic E-state index is 2.33. The molecule has 0 N–H and O–H groups in total. The molecule has 2 aromatic carbocycles. The van der Waals surface area contributed by atoms with Gasteiger partial charge in [0.2, 0.25) is 0 Å². The van der Waals surface area contributed by atoms with Crippen LogP contribution in [0.3, 0.4) is 0 Å². The second-order valence-corrected chi connectivity index (χ2v) is 15.9. The third-order valence-corrected chi connectivity index (χ3v) is 12.8. The summed E-state index contributed by atoms with van der Waals surface area (Å²) in [4.78, 5) is 2.71. The van der Waals surface area contributed by atoms with Crippen LogP contribution in [0.15, 0.2) is 58.3 Å². The van der Waals surface area contributed by atoms with E-state index in [1.165, 1.54) is 136 Å². The van der Waals surface area contributed by atoms with Crippen LogP contribution in [0.2, 0.25) is 0 Å². The lowest BCUT2D eigenvalue weighted by Crippen LogP contribution is -1.86. The first kappa shape index (κ1) is 32.1. The van der Waals surface area contributed by atoms with Gasteiger partial charge in [0, 0.05) is 9.79 Å². The van der Waals surface area contributed by atoms with Gasteiger partial charge in [-0.25, -0.2) is 0 Å². The number of rotatable bonds is 23. The number of hydrogen-bond donors (Lipinski definition) is 0. The second-order valence-electron chi connectivity index (χ2n) is 10.0. The topological polar surface area (TPSA) is 0 Å². The van der Waals surface area contributed by atoms with E-state index in [2.05, 4.69) is 62.4 Å². The Bertz CT molecular complexity index is 676. The fourth-order valence-electron chi connectivity index (χ4n) is 4.46. The van der Waals surface area contributed by atoms with Crippen molar-refractivity contribution in [2.24, 2.45) is 0 Å². The van der Waals surface area contributed by atoms with E-state index in [9.17, 15) is 0 Å². The Morgan fingerprint density at radius 3 is 1.03 bits per heavy atom. The van der Waals surface area contributed by atoms with E-state index in [-0.39, 0.29) is 0 Å². The Morgan fingerprint density at radius 2 is 0.694 bits per heavy atom. The van der Waals surface area contributed by atoms with Crippen LogP contribution < -0.4 is 0 Å². The lowest BCUT2D eigenvalue weighted by molar-refractivity contribution is 0.575. The van der Waals surface area contributed by atoms with Crippen molar-refractivity contribution in [1.82, 2.24) is 0 Å². The zero-order chi connectivity index (χ0) is 25.5. The molecule has 0 amide bonds. The highest BCUT2D eigenvalue weighted by Gasteiger charge is 2.01. The molecule has 2 rings (SSSR count). The summed E-state index contributed by atoms with van der Waals surface area (Å²) in [6, 6.07) is 18.5. The van der Waals surface area contributed by atoms with Crippen LogP contribution in [0.4, 0.5) is 0 Å². The first-order chi connectivity index (χ1) is 17.8. The van der Waals surface area contributed by atoms with Gasteiger partial charge in [-0.1, -0.05) is 128 Å². The van der Waals surface area contributed by atoms with Crippen molar-refractivity contribution >= 4 is 41.2 Å². The van der Waals surface area contributed by atoms with Crippen molar-refractivity contribution in [3.63, 3.8) is 0 Å². The molecule has 0 fully saturated rings. The minimum Gasteiger partial charge on any atom is -0.0654 e. The number of aryl methyl sites for hydroxylation is 2. The zero-order valence-corrected chi connectivity index (χ0v) is 26.2. The minimum absolute atomic E-state index is 1.23. The maximum Gasteiger partial charge on any atom is 0.0191 e. The van der Waals surface area contributed by atoms with E-state index < -0.39 is 0 Å². The minimum atomic E-state index is 1.23. The number of hydrogen-bond acceptors (Lipinski definition) is 4. The quantitative estimate of drug-likeness (QED) is 0.0975. The Hall–Kier alpha value is -0.160. The van der Waals surface area contributed by atoms with Crippen LogP contribution in [0.1, 0.15) is 128 Å². The van der Waals surface area contributed by atoms with E-state index in [1.54, 1.807) is 0 Å². The predicted molar refractivity (Wildman–Crippen MR) is 172 cm³/mol. The van der Waals surface area contributed by atoms with Crippen molar-refractivity contribution in [3.05, 3.63) is 59.7 Å². The Kier molecular flexibility index (Phi) is 20.3. The van der Waals surface area contributed by atoms with Gasteiger partial charge in [-0.2, -0.15) is 0 Å². The normalized spacial score (nSPS) is 11.3. The van der Waals surface area contributed by atoms with Crippen LogP contribution >= 0.6 is 41.2 Å². The monoisotopic (exact) mass is 562 g/mol. The van der Waals surface area contributed by atoms with Crippen LogP contribution in [0.25, 0.3) is 0 Å². The fourth-order valence-corrected chi connectivity index (χ4v) is 9.88. The zero-order valence-electron chi connectivity index (χ0n) is 23.0. The molecule has 2 aromatic rings. The van der Waals surface area contributed by atoms with E-state index in [0.29, 0.717) is 0 Å². The molecule has 36 heavy (non-hydrogen) atoms. The summed E-state index contributed by atoms with van der Waals surface area (Å²) in [5.74, 6) is 0. The van der Waals surface area contributed by atoms with Gasteiger partial charge in [-0.15, -0.1) is 0 Å². The SMILES string of the molecule is CCCCCCCCCCc1ccc(SSSSc2ccc(CCCCCCCCCC)cc2)cc1. The molecule has 0 aliphatic rings. The molecule has 0 nitrogen and oxygen atoms in total. The summed E-state index contributed by atoms with van der Waals surface area (Å²) in [6.45, 7) is 4.58. The van der Waals surface area contributed by atoms with Gasteiger partial charge in [0.1, 0.15) is 0 Å². The van der Waals surface area contributed by atoms with Crippen LogP contribution in [0.5, 0.6) is 0 Å². The molecule has 0 radical (unpaired) electrons.